The summed E-state index contributed by atoms with van der Waals surface area (Å²) in [5.41, 5.74) is -1.07. The summed E-state index contributed by atoms with van der Waals surface area (Å²) in [6.07, 6.45) is -4.48. The molecular weight excluding hydrogens is 271 g/mol. The molecule has 0 saturated heterocycles. The van der Waals surface area contributed by atoms with Crippen molar-refractivity contribution in [2.45, 2.75) is 26.1 Å². The van der Waals surface area contributed by atoms with Crippen LogP contribution in [0.2, 0.25) is 5.28 Å². The number of hydrogen-bond acceptors (Lipinski definition) is 4. The molecule has 1 N–H and O–H groups in total. The number of halogens is 4. The van der Waals surface area contributed by atoms with E-state index in [1.54, 1.807) is 0 Å². The van der Waals surface area contributed by atoms with Gasteiger partial charge < -0.3 is 10.1 Å². The second kappa shape index (κ2) is 6.19. The van der Waals surface area contributed by atoms with Gasteiger partial charge in [-0.05, 0) is 25.4 Å². The maximum absolute atomic E-state index is 12.4. The van der Waals surface area contributed by atoms with Gasteiger partial charge >= 0.3 is 6.18 Å². The van der Waals surface area contributed by atoms with E-state index in [-0.39, 0.29) is 11.9 Å². The predicted molar refractivity (Wildman–Crippen MR) is 61.6 cm³/mol. The van der Waals surface area contributed by atoms with Crippen LogP contribution in [0.5, 0.6) is 0 Å². The summed E-state index contributed by atoms with van der Waals surface area (Å²) >= 11 is 5.43. The Hall–Kier alpha value is -1.08. The maximum atomic E-state index is 12.4. The smallest absolute Gasteiger partial charge is 0.377 e. The first-order valence-electron chi connectivity index (χ1n) is 5.26. The number of anilines is 1. The van der Waals surface area contributed by atoms with E-state index in [4.69, 9.17) is 16.3 Å². The van der Waals surface area contributed by atoms with Gasteiger partial charge in [-0.1, -0.05) is 0 Å². The van der Waals surface area contributed by atoms with Crippen molar-refractivity contribution in [2.75, 3.05) is 18.5 Å². The summed E-state index contributed by atoms with van der Waals surface area (Å²) in [5.74, 6) is 0.0229. The average molecular weight is 284 g/mol. The molecule has 0 spiro atoms. The van der Waals surface area contributed by atoms with Gasteiger partial charge in [-0.3, -0.25) is 0 Å². The molecule has 0 aromatic carbocycles. The fourth-order valence-electron chi connectivity index (χ4n) is 1.13. The SMILES string of the molecule is CC(C)OCCNc1cc(C(F)(F)F)nc(Cl)n1. The first-order valence-corrected chi connectivity index (χ1v) is 5.64. The minimum Gasteiger partial charge on any atom is -0.377 e. The summed E-state index contributed by atoms with van der Waals surface area (Å²) in [5, 5.41) is 2.25. The molecule has 0 saturated carbocycles. The number of nitrogens with one attached hydrogen (secondary N) is 1. The maximum Gasteiger partial charge on any atom is 0.433 e. The fraction of sp³-hybridized carbons (Fsp3) is 0.600. The van der Waals surface area contributed by atoms with E-state index in [0.29, 0.717) is 13.2 Å². The average Bonchev–Trinajstić information content (AvgIpc) is 2.22. The van der Waals surface area contributed by atoms with Gasteiger partial charge in [0.2, 0.25) is 5.28 Å². The number of alkyl halides is 3. The lowest BCUT2D eigenvalue weighted by atomic mass is 10.4. The Bertz CT molecular complexity index is 398. The Balaban J connectivity index is 2.63. The molecule has 8 heteroatoms. The van der Waals surface area contributed by atoms with Crippen molar-refractivity contribution < 1.29 is 17.9 Å². The number of nitrogens with zero attached hydrogens (tertiary/aromatic N) is 2. The van der Waals surface area contributed by atoms with E-state index in [1.807, 2.05) is 13.8 Å². The number of ether oxygens (including phenoxy) is 1. The van der Waals surface area contributed by atoms with Crippen molar-refractivity contribution in [3.05, 3.63) is 17.0 Å². The third-order valence-corrected chi connectivity index (χ3v) is 2.02. The molecule has 0 amide bonds. The van der Waals surface area contributed by atoms with Crippen LogP contribution < -0.4 is 5.32 Å². The molecule has 0 bridgehead atoms. The number of aromatic nitrogens is 2. The molecule has 1 aromatic heterocycles. The minimum atomic E-state index is -4.54. The number of hydrogen-bond donors (Lipinski definition) is 1. The van der Waals surface area contributed by atoms with Crippen LogP contribution in [0.4, 0.5) is 19.0 Å². The van der Waals surface area contributed by atoms with Crippen LogP contribution in [-0.2, 0) is 10.9 Å². The van der Waals surface area contributed by atoms with Gasteiger partial charge in [-0.2, -0.15) is 13.2 Å². The zero-order valence-corrected chi connectivity index (χ0v) is 10.6. The highest BCUT2D eigenvalue weighted by atomic mass is 35.5. The number of rotatable bonds is 5. The molecule has 0 aliphatic heterocycles. The third kappa shape index (κ3) is 5.05. The van der Waals surface area contributed by atoms with Crippen molar-refractivity contribution in [3.63, 3.8) is 0 Å². The molecule has 0 atom stereocenters. The van der Waals surface area contributed by atoms with Crippen molar-refractivity contribution in [2.24, 2.45) is 0 Å². The summed E-state index contributed by atoms with van der Waals surface area (Å²) < 4.78 is 42.6. The van der Waals surface area contributed by atoms with Gasteiger partial charge in [0, 0.05) is 12.6 Å². The normalized spacial score (nSPS) is 11.9. The van der Waals surface area contributed by atoms with E-state index in [1.165, 1.54) is 0 Å². The Labute approximate surface area is 108 Å². The van der Waals surface area contributed by atoms with Crippen LogP contribution in [0.25, 0.3) is 0 Å². The van der Waals surface area contributed by atoms with E-state index in [0.717, 1.165) is 6.07 Å². The van der Waals surface area contributed by atoms with Gasteiger partial charge in [0.05, 0.1) is 12.7 Å². The Morgan fingerprint density at radius 2 is 2.06 bits per heavy atom. The molecule has 0 aliphatic carbocycles. The quantitative estimate of drug-likeness (QED) is 0.667. The molecule has 102 valence electrons. The van der Waals surface area contributed by atoms with Crippen molar-refractivity contribution in [3.8, 4) is 0 Å². The molecule has 4 nitrogen and oxygen atoms in total. The van der Waals surface area contributed by atoms with Crippen molar-refractivity contribution in [1.82, 2.24) is 9.97 Å². The summed E-state index contributed by atoms with van der Waals surface area (Å²) in [6.45, 7) is 4.43. The Morgan fingerprint density at radius 3 is 2.61 bits per heavy atom. The summed E-state index contributed by atoms with van der Waals surface area (Å²) in [7, 11) is 0. The molecular formula is C10H13ClF3N3O. The topological polar surface area (TPSA) is 47.0 Å². The zero-order chi connectivity index (χ0) is 13.8. The lowest BCUT2D eigenvalue weighted by Crippen LogP contribution is -2.15. The monoisotopic (exact) mass is 283 g/mol. The molecule has 0 aliphatic rings. The van der Waals surface area contributed by atoms with Crippen LogP contribution >= 0.6 is 11.6 Å². The fourth-order valence-corrected chi connectivity index (χ4v) is 1.31. The molecule has 1 rings (SSSR count). The van der Waals surface area contributed by atoms with Gasteiger partial charge in [-0.25, -0.2) is 9.97 Å². The lowest BCUT2D eigenvalue weighted by Gasteiger charge is -2.11. The molecule has 0 radical (unpaired) electrons. The van der Waals surface area contributed by atoms with Crippen molar-refractivity contribution in [1.29, 1.82) is 0 Å². The second-order valence-corrected chi connectivity index (χ2v) is 4.09. The highest BCUT2D eigenvalue weighted by molar-refractivity contribution is 6.28. The van der Waals surface area contributed by atoms with Gasteiger partial charge in [0.25, 0.3) is 0 Å². The Kier molecular flexibility index (Phi) is 5.15. The molecule has 0 fully saturated rings. The van der Waals surface area contributed by atoms with Crippen LogP contribution in [0.15, 0.2) is 6.07 Å². The van der Waals surface area contributed by atoms with Crippen LogP contribution in [0, 0.1) is 0 Å². The van der Waals surface area contributed by atoms with Gasteiger partial charge in [0.15, 0.2) is 5.69 Å². The summed E-state index contributed by atoms with van der Waals surface area (Å²) in [6, 6.07) is 0.807. The second-order valence-electron chi connectivity index (χ2n) is 3.75. The molecule has 1 heterocycles. The van der Waals surface area contributed by atoms with Gasteiger partial charge in [0.1, 0.15) is 5.82 Å². The van der Waals surface area contributed by atoms with Crippen LogP contribution in [0.1, 0.15) is 19.5 Å². The predicted octanol–water partition coefficient (Wildman–Crippen LogP) is 2.99. The Morgan fingerprint density at radius 1 is 1.39 bits per heavy atom. The van der Waals surface area contributed by atoms with Gasteiger partial charge in [-0.15, -0.1) is 0 Å². The largest absolute Gasteiger partial charge is 0.433 e. The third-order valence-electron chi connectivity index (χ3n) is 1.85. The van der Waals surface area contributed by atoms with E-state index in [2.05, 4.69) is 15.3 Å². The summed E-state index contributed by atoms with van der Waals surface area (Å²) in [4.78, 5) is 6.77. The van der Waals surface area contributed by atoms with E-state index < -0.39 is 17.2 Å². The zero-order valence-electron chi connectivity index (χ0n) is 9.88. The molecule has 0 unspecified atom stereocenters. The first kappa shape index (κ1) is 15.0. The van der Waals surface area contributed by atoms with Crippen molar-refractivity contribution >= 4 is 17.4 Å². The lowest BCUT2D eigenvalue weighted by molar-refractivity contribution is -0.141. The standard InChI is InChI=1S/C10H13ClF3N3O/c1-6(2)18-4-3-15-8-5-7(10(12,13)14)16-9(11)17-8/h5-6H,3-4H2,1-2H3,(H,15,16,17). The minimum absolute atomic E-state index is 0.0229. The van der Waals surface area contributed by atoms with E-state index in [9.17, 15) is 13.2 Å². The highest BCUT2D eigenvalue weighted by Gasteiger charge is 2.33. The molecule has 1 aromatic rings. The highest BCUT2D eigenvalue weighted by Crippen LogP contribution is 2.29. The van der Waals surface area contributed by atoms with Crippen LogP contribution in [-0.4, -0.2) is 29.2 Å². The van der Waals surface area contributed by atoms with E-state index >= 15 is 0 Å². The first-order chi connectivity index (χ1) is 8.29. The molecule has 18 heavy (non-hydrogen) atoms. The van der Waals surface area contributed by atoms with Crippen LogP contribution in [0.3, 0.4) is 0 Å².